The molecule has 0 aliphatic heterocycles. The lowest BCUT2D eigenvalue weighted by Gasteiger charge is -2.21. The summed E-state index contributed by atoms with van der Waals surface area (Å²) in [5, 5.41) is 5.31. The molecule has 0 amide bonds. The molecule has 3 aromatic rings. The van der Waals surface area contributed by atoms with Crippen LogP contribution in [0.1, 0.15) is 32.5 Å². The van der Waals surface area contributed by atoms with E-state index in [2.05, 4.69) is 33.9 Å². The Kier molecular flexibility index (Phi) is 5.45. The third kappa shape index (κ3) is 3.58. The molecule has 7 heteroatoms. The van der Waals surface area contributed by atoms with Crippen LogP contribution in [0.25, 0.3) is 22.4 Å². The summed E-state index contributed by atoms with van der Waals surface area (Å²) >= 11 is 12.3. The van der Waals surface area contributed by atoms with Gasteiger partial charge in [-0.1, -0.05) is 41.7 Å². The molecule has 0 fully saturated rings. The summed E-state index contributed by atoms with van der Waals surface area (Å²) in [5.74, 6) is 1.45. The molecule has 1 aromatic carbocycles. The van der Waals surface area contributed by atoms with Crippen molar-refractivity contribution in [1.29, 1.82) is 0 Å². The first-order valence-electron chi connectivity index (χ1n) is 8.39. The highest BCUT2D eigenvalue weighted by Crippen LogP contribution is 2.36. The summed E-state index contributed by atoms with van der Waals surface area (Å²) in [7, 11) is 0. The summed E-state index contributed by atoms with van der Waals surface area (Å²) in [4.78, 5) is 11.3. The van der Waals surface area contributed by atoms with Crippen molar-refractivity contribution in [2.45, 2.75) is 33.6 Å². The van der Waals surface area contributed by atoms with E-state index in [1.807, 2.05) is 13.0 Å². The Morgan fingerprint density at radius 1 is 1.16 bits per heavy atom. The van der Waals surface area contributed by atoms with Crippen molar-refractivity contribution in [3.63, 3.8) is 0 Å². The first kappa shape index (κ1) is 18.0. The van der Waals surface area contributed by atoms with Crippen molar-refractivity contribution >= 4 is 40.1 Å². The molecule has 5 nitrogen and oxygen atoms in total. The van der Waals surface area contributed by atoms with Crippen LogP contribution in [-0.2, 0) is 0 Å². The third-order valence-electron chi connectivity index (χ3n) is 4.06. The third-order valence-corrected chi connectivity index (χ3v) is 4.61. The number of halogens is 2. The highest BCUT2D eigenvalue weighted by molar-refractivity contribution is 6.36. The highest BCUT2D eigenvalue weighted by Gasteiger charge is 2.21. The van der Waals surface area contributed by atoms with Crippen molar-refractivity contribution in [2.75, 3.05) is 18.0 Å². The average molecular weight is 379 g/mol. The van der Waals surface area contributed by atoms with E-state index in [1.165, 1.54) is 0 Å². The van der Waals surface area contributed by atoms with Crippen LogP contribution in [0.5, 0.6) is 0 Å². The summed E-state index contributed by atoms with van der Waals surface area (Å²) in [6.07, 6.45) is 2.20. The highest BCUT2D eigenvalue weighted by atomic mass is 35.5. The molecular weight excluding hydrogens is 359 g/mol. The monoisotopic (exact) mass is 378 g/mol. The first-order valence-corrected chi connectivity index (χ1v) is 9.15. The van der Waals surface area contributed by atoms with Crippen molar-refractivity contribution in [1.82, 2.24) is 15.1 Å². The molecule has 132 valence electrons. The maximum absolute atomic E-state index is 6.34. The lowest BCUT2D eigenvalue weighted by atomic mass is 10.1. The van der Waals surface area contributed by atoms with Gasteiger partial charge >= 0.3 is 0 Å². The van der Waals surface area contributed by atoms with Gasteiger partial charge in [-0.05, 0) is 38.5 Å². The fraction of sp³-hybridized carbons (Fsp3) is 0.389. The maximum atomic E-state index is 6.34. The molecule has 0 saturated carbocycles. The minimum absolute atomic E-state index is 0.513. The van der Waals surface area contributed by atoms with Gasteiger partial charge in [-0.2, -0.15) is 0 Å². The quantitative estimate of drug-likeness (QED) is 0.564. The predicted octanol–water partition coefficient (Wildman–Crippen LogP) is 5.53. The number of anilines is 1. The molecular formula is C18H20Cl2N4O. The molecule has 0 unspecified atom stereocenters. The number of aromatic nitrogens is 3. The number of fused-ring (bicyclic) bond motifs is 1. The van der Waals surface area contributed by atoms with Gasteiger partial charge in [-0.3, -0.25) is 0 Å². The second-order valence-corrected chi connectivity index (χ2v) is 6.70. The van der Waals surface area contributed by atoms with Gasteiger partial charge in [0.1, 0.15) is 17.0 Å². The fourth-order valence-electron chi connectivity index (χ4n) is 2.76. The topological polar surface area (TPSA) is 55.1 Å². The van der Waals surface area contributed by atoms with Gasteiger partial charge in [0.05, 0.1) is 5.02 Å². The summed E-state index contributed by atoms with van der Waals surface area (Å²) in [6, 6.07) is 5.29. The Labute approximate surface area is 156 Å². The van der Waals surface area contributed by atoms with Crippen LogP contribution in [0, 0.1) is 6.92 Å². The van der Waals surface area contributed by atoms with E-state index < -0.39 is 0 Å². The first-order chi connectivity index (χ1) is 12.0. The molecule has 0 aliphatic rings. The summed E-state index contributed by atoms with van der Waals surface area (Å²) in [5.41, 5.74) is 2.60. The van der Waals surface area contributed by atoms with Crippen LogP contribution >= 0.6 is 23.2 Å². The Hall–Kier alpha value is -1.85. The molecule has 25 heavy (non-hydrogen) atoms. The van der Waals surface area contributed by atoms with Crippen LogP contribution < -0.4 is 4.90 Å². The van der Waals surface area contributed by atoms with E-state index in [4.69, 9.17) is 27.7 Å². The van der Waals surface area contributed by atoms with Crippen LogP contribution in [0.3, 0.4) is 0 Å². The van der Waals surface area contributed by atoms with E-state index >= 15 is 0 Å². The zero-order valence-electron chi connectivity index (χ0n) is 14.5. The van der Waals surface area contributed by atoms with Crippen molar-refractivity contribution in [3.05, 3.63) is 34.1 Å². The molecule has 2 heterocycles. The second-order valence-electron chi connectivity index (χ2n) is 5.86. The predicted molar refractivity (Wildman–Crippen MR) is 103 cm³/mol. The Morgan fingerprint density at radius 3 is 2.64 bits per heavy atom. The molecule has 0 saturated heterocycles. The largest absolute Gasteiger partial charge is 0.354 e. The van der Waals surface area contributed by atoms with E-state index in [0.717, 1.165) is 37.3 Å². The van der Waals surface area contributed by atoms with Crippen LogP contribution in [0.2, 0.25) is 10.0 Å². The van der Waals surface area contributed by atoms with E-state index in [1.54, 1.807) is 12.1 Å². The van der Waals surface area contributed by atoms with Gasteiger partial charge in [0.15, 0.2) is 5.82 Å². The molecule has 0 radical (unpaired) electrons. The van der Waals surface area contributed by atoms with Crippen molar-refractivity contribution < 1.29 is 4.52 Å². The lowest BCUT2D eigenvalue weighted by Crippen LogP contribution is -2.25. The van der Waals surface area contributed by atoms with Gasteiger partial charge < -0.3 is 9.42 Å². The van der Waals surface area contributed by atoms with Gasteiger partial charge in [0.2, 0.25) is 5.58 Å². The number of hydrogen-bond acceptors (Lipinski definition) is 5. The molecule has 0 N–H and O–H groups in total. The number of benzene rings is 1. The Morgan fingerprint density at radius 2 is 1.96 bits per heavy atom. The van der Waals surface area contributed by atoms with Gasteiger partial charge in [0.25, 0.3) is 0 Å². The Balaban J connectivity index is 2.15. The van der Waals surface area contributed by atoms with Gasteiger partial charge in [0, 0.05) is 23.7 Å². The SMILES string of the molecule is CCCCN(CC)c1nc(C)nc2c(-c3ccc(Cl)cc3Cl)noc12. The number of aryl methyl sites for hydroxylation is 1. The summed E-state index contributed by atoms with van der Waals surface area (Å²) in [6.45, 7) is 7.90. The number of rotatable bonds is 6. The molecule has 0 atom stereocenters. The van der Waals surface area contributed by atoms with E-state index in [-0.39, 0.29) is 0 Å². The van der Waals surface area contributed by atoms with Crippen LogP contribution in [0.15, 0.2) is 22.7 Å². The van der Waals surface area contributed by atoms with Gasteiger partial charge in [-0.15, -0.1) is 0 Å². The normalized spacial score (nSPS) is 11.2. The van der Waals surface area contributed by atoms with Crippen molar-refractivity contribution in [3.8, 4) is 11.3 Å². The standard InChI is InChI=1S/C18H20Cl2N4O/c1-4-6-9-24(5-2)18-17-16(21-11(3)22-18)15(23-25-17)13-8-7-12(19)10-14(13)20/h7-8,10H,4-6,9H2,1-3H3. The number of unbranched alkanes of at least 4 members (excludes halogenated alkanes) is 1. The Bertz CT molecular complexity index is 894. The number of nitrogens with zero attached hydrogens (tertiary/aromatic N) is 4. The van der Waals surface area contributed by atoms with E-state index in [0.29, 0.717) is 32.7 Å². The zero-order chi connectivity index (χ0) is 18.0. The van der Waals surface area contributed by atoms with Crippen LogP contribution in [0.4, 0.5) is 5.82 Å². The minimum Gasteiger partial charge on any atom is -0.354 e. The van der Waals surface area contributed by atoms with Crippen molar-refractivity contribution in [2.24, 2.45) is 0 Å². The molecule has 2 aromatic heterocycles. The lowest BCUT2D eigenvalue weighted by molar-refractivity contribution is 0.457. The van der Waals surface area contributed by atoms with Gasteiger partial charge in [-0.25, -0.2) is 9.97 Å². The van der Waals surface area contributed by atoms with Crippen LogP contribution in [-0.4, -0.2) is 28.2 Å². The molecule has 0 aliphatic carbocycles. The second kappa shape index (κ2) is 7.58. The average Bonchev–Trinajstić information content (AvgIpc) is 2.99. The van der Waals surface area contributed by atoms with E-state index in [9.17, 15) is 0 Å². The smallest absolute Gasteiger partial charge is 0.228 e. The molecule has 0 bridgehead atoms. The molecule has 3 rings (SSSR count). The summed E-state index contributed by atoms with van der Waals surface area (Å²) < 4.78 is 5.63. The minimum atomic E-state index is 0.513. The molecule has 0 spiro atoms. The fourth-order valence-corrected chi connectivity index (χ4v) is 3.26. The maximum Gasteiger partial charge on any atom is 0.228 e. The zero-order valence-corrected chi connectivity index (χ0v) is 16.0. The number of hydrogen-bond donors (Lipinski definition) is 0.